The lowest BCUT2D eigenvalue weighted by molar-refractivity contribution is 0.203. The standard InChI is InChI=1S/C18H25N3O2S/c1-13(5-6-15-7-9-16(23-4)10-8-15)20-18(22)21(3)12-17-11-19-14(2)24-17/h7-11,13H,5-6,12H2,1-4H3,(H,20,22). The van der Waals surface area contributed by atoms with Crippen molar-refractivity contribution >= 4 is 17.4 Å². The van der Waals surface area contributed by atoms with Crippen LogP contribution in [0.4, 0.5) is 4.79 Å². The Bertz CT molecular complexity index is 655. The second kappa shape index (κ2) is 8.68. The number of aromatic nitrogens is 1. The van der Waals surface area contributed by atoms with Gasteiger partial charge in [0.05, 0.1) is 18.7 Å². The molecule has 0 aliphatic rings. The second-order valence-electron chi connectivity index (χ2n) is 5.94. The summed E-state index contributed by atoms with van der Waals surface area (Å²) in [5.74, 6) is 0.861. The zero-order chi connectivity index (χ0) is 17.5. The summed E-state index contributed by atoms with van der Waals surface area (Å²) in [4.78, 5) is 19.2. The van der Waals surface area contributed by atoms with Crippen molar-refractivity contribution in [2.75, 3.05) is 14.2 Å². The molecule has 0 aliphatic carbocycles. The van der Waals surface area contributed by atoms with Crippen molar-refractivity contribution in [2.45, 2.75) is 39.3 Å². The molecular weight excluding hydrogens is 322 g/mol. The molecule has 1 atom stereocenters. The van der Waals surface area contributed by atoms with Crippen molar-refractivity contribution in [2.24, 2.45) is 0 Å². The van der Waals surface area contributed by atoms with Gasteiger partial charge in [-0.25, -0.2) is 9.78 Å². The first-order chi connectivity index (χ1) is 11.5. The Morgan fingerprint density at radius 3 is 2.67 bits per heavy atom. The summed E-state index contributed by atoms with van der Waals surface area (Å²) >= 11 is 1.62. The molecule has 130 valence electrons. The number of carbonyl (C=O) groups excluding carboxylic acids is 1. The molecule has 1 aromatic carbocycles. The van der Waals surface area contributed by atoms with Crippen molar-refractivity contribution in [3.63, 3.8) is 0 Å². The van der Waals surface area contributed by atoms with E-state index in [4.69, 9.17) is 4.74 Å². The van der Waals surface area contributed by atoms with Crippen LogP contribution in [0, 0.1) is 6.92 Å². The van der Waals surface area contributed by atoms with E-state index in [1.807, 2.05) is 32.2 Å². The van der Waals surface area contributed by atoms with Gasteiger partial charge in [-0.15, -0.1) is 11.3 Å². The van der Waals surface area contributed by atoms with Crippen LogP contribution in [0.5, 0.6) is 5.75 Å². The van der Waals surface area contributed by atoms with Gasteiger partial charge in [0.1, 0.15) is 5.75 Å². The zero-order valence-corrected chi connectivity index (χ0v) is 15.5. The molecule has 0 spiro atoms. The van der Waals surface area contributed by atoms with E-state index in [9.17, 15) is 4.79 Å². The van der Waals surface area contributed by atoms with Crippen LogP contribution in [0.25, 0.3) is 0 Å². The fraction of sp³-hybridized carbons (Fsp3) is 0.444. The topological polar surface area (TPSA) is 54.5 Å². The first kappa shape index (κ1) is 18.3. The van der Waals surface area contributed by atoms with Crippen molar-refractivity contribution in [3.05, 3.63) is 45.9 Å². The minimum atomic E-state index is -0.0525. The van der Waals surface area contributed by atoms with Gasteiger partial charge in [0.25, 0.3) is 0 Å². The Hall–Kier alpha value is -2.08. The fourth-order valence-electron chi connectivity index (χ4n) is 2.35. The molecule has 0 aliphatic heterocycles. The van der Waals surface area contributed by atoms with Gasteiger partial charge >= 0.3 is 6.03 Å². The molecule has 0 bridgehead atoms. The monoisotopic (exact) mass is 347 g/mol. The van der Waals surface area contributed by atoms with Crippen LogP contribution in [0.3, 0.4) is 0 Å². The second-order valence-corrected chi connectivity index (χ2v) is 7.26. The van der Waals surface area contributed by atoms with Crippen LogP contribution in [0.2, 0.25) is 0 Å². The van der Waals surface area contributed by atoms with Crippen LogP contribution < -0.4 is 10.1 Å². The Labute approximate surface area is 147 Å². The van der Waals surface area contributed by atoms with E-state index < -0.39 is 0 Å². The number of amides is 2. The van der Waals surface area contributed by atoms with E-state index in [-0.39, 0.29) is 12.1 Å². The van der Waals surface area contributed by atoms with E-state index >= 15 is 0 Å². The average molecular weight is 347 g/mol. The molecule has 2 amide bonds. The van der Waals surface area contributed by atoms with Crippen LogP contribution >= 0.6 is 11.3 Å². The summed E-state index contributed by atoms with van der Waals surface area (Å²) < 4.78 is 5.16. The number of methoxy groups -OCH3 is 1. The number of urea groups is 1. The molecule has 1 N–H and O–H groups in total. The summed E-state index contributed by atoms with van der Waals surface area (Å²) in [5.41, 5.74) is 1.24. The molecule has 2 rings (SSSR count). The third kappa shape index (κ3) is 5.53. The van der Waals surface area contributed by atoms with E-state index in [0.717, 1.165) is 28.5 Å². The average Bonchev–Trinajstić information content (AvgIpc) is 2.98. The Balaban J connectivity index is 1.75. The number of nitrogens with one attached hydrogen (secondary N) is 1. The molecule has 0 saturated carbocycles. The lowest BCUT2D eigenvalue weighted by Crippen LogP contribution is -2.41. The molecule has 1 aromatic heterocycles. The Kier molecular flexibility index (Phi) is 6.61. The summed E-state index contributed by atoms with van der Waals surface area (Å²) in [7, 11) is 3.47. The predicted octanol–water partition coefficient (Wildman–Crippen LogP) is 3.62. The number of carbonyl (C=O) groups is 1. The minimum absolute atomic E-state index is 0.0525. The summed E-state index contributed by atoms with van der Waals surface area (Å²) in [6.45, 7) is 4.59. The Morgan fingerprint density at radius 2 is 2.08 bits per heavy atom. The molecule has 0 saturated heterocycles. The van der Waals surface area contributed by atoms with Gasteiger partial charge < -0.3 is 15.0 Å². The third-order valence-electron chi connectivity index (χ3n) is 3.80. The maximum absolute atomic E-state index is 12.2. The number of aryl methyl sites for hydroxylation is 2. The highest BCUT2D eigenvalue weighted by Crippen LogP contribution is 2.14. The van der Waals surface area contributed by atoms with E-state index in [1.165, 1.54) is 5.56 Å². The van der Waals surface area contributed by atoms with E-state index in [1.54, 1.807) is 30.4 Å². The van der Waals surface area contributed by atoms with Gasteiger partial charge in [-0.2, -0.15) is 0 Å². The van der Waals surface area contributed by atoms with Crippen LogP contribution in [-0.2, 0) is 13.0 Å². The van der Waals surface area contributed by atoms with Gasteiger partial charge in [-0.1, -0.05) is 12.1 Å². The lowest BCUT2D eigenvalue weighted by atomic mass is 10.1. The van der Waals surface area contributed by atoms with Crippen molar-refractivity contribution in [1.82, 2.24) is 15.2 Å². The third-order valence-corrected chi connectivity index (χ3v) is 4.70. The SMILES string of the molecule is COc1ccc(CCC(C)NC(=O)N(C)Cc2cnc(C)s2)cc1. The molecule has 0 fully saturated rings. The lowest BCUT2D eigenvalue weighted by Gasteiger charge is -2.21. The molecular formula is C18H25N3O2S. The van der Waals surface area contributed by atoms with Crippen LogP contribution in [-0.4, -0.2) is 36.1 Å². The molecule has 6 heteroatoms. The molecule has 24 heavy (non-hydrogen) atoms. The van der Waals surface area contributed by atoms with Gasteiger partial charge in [0.2, 0.25) is 0 Å². The first-order valence-corrected chi connectivity index (χ1v) is 8.85. The number of rotatable bonds is 7. The smallest absolute Gasteiger partial charge is 0.317 e. The number of benzene rings is 1. The molecule has 1 unspecified atom stereocenters. The maximum Gasteiger partial charge on any atom is 0.317 e. The predicted molar refractivity (Wildman–Crippen MR) is 97.6 cm³/mol. The molecule has 1 heterocycles. The maximum atomic E-state index is 12.2. The van der Waals surface area contributed by atoms with Crippen LogP contribution in [0.1, 0.15) is 28.8 Å². The number of nitrogens with zero attached hydrogens (tertiary/aromatic N) is 2. The largest absolute Gasteiger partial charge is 0.497 e. The highest BCUT2D eigenvalue weighted by molar-refractivity contribution is 7.11. The molecule has 5 nitrogen and oxygen atoms in total. The summed E-state index contributed by atoms with van der Waals surface area (Å²) in [6, 6.07) is 8.11. The van der Waals surface area contributed by atoms with Crippen molar-refractivity contribution in [3.8, 4) is 5.75 Å². The zero-order valence-electron chi connectivity index (χ0n) is 14.7. The van der Waals surface area contributed by atoms with Crippen LogP contribution in [0.15, 0.2) is 30.5 Å². The highest BCUT2D eigenvalue weighted by atomic mass is 32.1. The van der Waals surface area contributed by atoms with Gasteiger partial charge in [0.15, 0.2) is 0 Å². The van der Waals surface area contributed by atoms with E-state index in [2.05, 4.69) is 22.4 Å². The fourth-order valence-corrected chi connectivity index (χ4v) is 3.20. The normalized spacial score (nSPS) is 11.8. The molecule has 2 aromatic rings. The minimum Gasteiger partial charge on any atom is -0.497 e. The first-order valence-electron chi connectivity index (χ1n) is 8.04. The van der Waals surface area contributed by atoms with Crippen molar-refractivity contribution < 1.29 is 9.53 Å². The van der Waals surface area contributed by atoms with Gasteiger partial charge in [0, 0.05) is 24.2 Å². The van der Waals surface area contributed by atoms with E-state index in [0.29, 0.717) is 6.54 Å². The summed E-state index contributed by atoms with van der Waals surface area (Å²) in [6.07, 6.45) is 3.64. The number of ether oxygens (including phenoxy) is 1. The van der Waals surface area contributed by atoms with Gasteiger partial charge in [-0.3, -0.25) is 0 Å². The highest BCUT2D eigenvalue weighted by Gasteiger charge is 2.13. The summed E-state index contributed by atoms with van der Waals surface area (Å²) in [5, 5.41) is 4.07. The molecule has 0 radical (unpaired) electrons. The van der Waals surface area contributed by atoms with Crippen molar-refractivity contribution in [1.29, 1.82) is 0 Å². The quantitative estimate of drug-likeness (QED) is 0.832. The van der Waals surface area contributed by atoms with Gasteiger partial charge in [-0.05, 0) is 44.4 Å². The number of hydrogen-bond donors (Lipinski definition) is 1. The number of thiazole rings is 1. The Morgan fingerprint density at radius 1 is 1.38 bits per heavy atom. The number of hydrogen-bond acceptors (Lipinski definition) is 4.